The van der Waals surface area contributed by atoms with Crippen LogP contribution in [0.3, 0.4) is 0 Å². The van der Waals surface area contributed by atoms with Gasteiger partial charge < -0.3 is 28.6 Å². The highest BCUT2D eigenvalue weighted by Gasteiger charge is 2.33. The van der Waals surface area contributed by atoms with Gasteiger partial charge in [-0.3, -0.25) is 9.58 Å². The highest BCUT2D eigenvalue weighted by Crippen LogP contribution is 2.50. The third-order valence-electron chi connectivity index (χ3n) is 9.73. The van der Waals surface area contributed by atoms with Crippen molar-refractivity contribution in [2.75, 3.05) is 46.4 Å². The summed E-state index contributed by atoms with van der Waals surface area (Å²) in [4.78, 5) is 27.1. The first-order valence-electron chi connectivity index (χ1n) is 18.1. The number of alkyl halides is 3. The van der Waals surface area contributed by atoms with Gasteiger partial charge in [0.25, 0.3) is 6.01 Å². The monoisotopic (exact) mass is 838 g/mol. The molecule has 4 aromatic heterocycles. The molecule has 1 saturated heterocycles. The molecule has 58 heavy (non-hydrogen) atoms. The summed E-state index contributed by atoms with van der Waals surface area (Å²) in [5.41, 5.74) is 1.97. The van der Waals surface area contributed by atoms with E-state index in [1.807, 2.05) is 0 Å². The molecule has 0 amide bonds. The number of para-hydroxylation sites is 1. The molecule has 0 bridgehead atoms. The van der Waals surface area contributed by atoms with Crippen molar-refractivity contribution < 1.29 is 46.1 Å². The summed E-state index contributed by atoms with van der Waals surface area (Å²) in [6.45, 7) is 5.14. The standard InChI is InChI=1S/C39H36BClF4N6O6S/c1-22-24(7-8-27(33(22)41)54-18-17-50-15-13-49(2)14-16-50)30-31-36(46-21-47-37(31)58-35(30)28-9-10-29(42)56-28)57-34(38(52)53)32(40)25-5-3-4-6-26(25)55-19-23-11-12-48-51(23)20-39(43,44)45/h3-12,21,32,34H,13-20H2,1-2H3,(H,52,53). The van der Waals surface area contributed by atoms with Crippen LogP contribution in [0.25, 0.3) is 32.0 Å². The molecule has 302 valence electrons. The molecule has 7 rings (SSSR count). The quantitative estimate of drug-likeness (QED) is 0.0820. The van der Waals surface area contributed by atoms with Gasteiger partial charge in [0, 0.05) is 50.6 Å². The topological polar surface area (TPSA) is 128 Å². The number of halogens is 5. The molecule has 0 aliphatic carbocycles. The average Bonchev–Trinajstić information content (AvgIpc) is 3.93. The number of piperazine rings is 1. The Balaban J connectivity index is 1.21. The Bertz CT molecular complexity index is 2400. The van der Waals surface area contributed by atoms with Crippen molar-refractivity contribution in [1.82, 2.24) is 29.5 Å². The summed E-state index contributed by atoms with van der Waals surface area (Å²) < 4.78 is 78.0. The molecule has 19 heteroatoms. The molecule has 5 heterocycles. The molecule has 1 fully saturated rings. The SMILES string of the molecule is [B]C(c1ccccc1OCc1ccnn1CC(F)(F)F)C(Oc1ncnc2sc(-c3ccc(F)o3)c(-c3ccc(OCCN4CCN(C)CC4)c(Cl)c3C)c12)C(=O)O. The largest absolute Gasteiger partial charge is 0.491 e. The van der Waals surface area contributed by atoms with Crippen LogP contribution in [0.4, 0.5) is 17.6 Å². The van der Waals surface area contributed by atoms with Crippen molar-refractivity contribution in [2.24, 2.45) is 0 Å². The summed E-state index contributed by atoms with van der Waals surface area (Å²) in [5.74, 6) is -2.20. The van der Waals surface area contributed by atoms with E-state index in [4.69, 9.17) is 38.1 Å². The van der Waals surface area contributed by atoms with Crippen LogP contribution in [0, 0.1) is 12.9 Å². The number of furan rings is 1. The zero-order valence-electron chi connectivity index (χ0n) is 31.2. The molecule has 6 aromatic rings. The average molecular weight is 839 g/mol. The van der Waals surface area contributed by atoms with E-state index in [1.165, 1.54) is 42.9 Å². The molecule has 1 aliphatic rings. The lowest BCUT2D eigenvalue weighted by atomic mass is 9.76. The lowest BCUT2D eigenvalue weighted by Gasteiger charge is -2.32. The van der Waals surface area contributed by atoms with Gasteiger partial charge in [-0.2, -0.15) is 22.7 Å². The number of hydrogen-bond donors (Lipinski definition) is 1. The molecular weight excluding hydrogens is 803 g/mol. The Labute approximate surface area is 340 Å². The first-order valence-corrected chi connectivity index (χ1v) is 19.3. The van der Waals surface area contributed by atoms with Crippen LogP contribution in [0.2, 0.25) is 5.02 Å². The molecule has 2 unspecified atom stereocenters. The highest BCUT2D eigenvalue weighted by atomic mass is 35.5. The van der Waals surface area contributed by atoms with Crippen LogP contribution in [-0.2, 0) is 17.9 Å². The van der Waals surface area contributed by atoms with E-state index in [-0.39, 0.29) is 35.3 Å². The van der Waals surface area contributed by atoms with Crippen molar-refractivity contribution in [3.05, 3.63) is 95.0 Å². The number of hydrogen-bond acceptors (Lipinski definition) is 11. The van der Waals surface area contributed by atoms with Gasteiger partial charge in [0.1, 0.15) is 48.2 Å². The minimum absolute atomic E-state index is 0.118. The third kappa shape index (κ3) is 9.09. The number of aromatic nitrogens is 4. The molecule has 1 aliphatic heterocycles. The number of carboxylic acid groups (broad SMARTS) is 1. The number of nitrogens with zero attached hydrogens (tertiary/aromatic N) is 6. The van der Waals surface area contributed by atoms with Crippen LogP contribution in [-0.4, -0.2) is 107 Å². The number of benzene rings is 2. The van der Waals surface area contributed by atoms with Gasteiger partial charge in [-0.05, 0) is 60.7 Å². The van der Waals surface area contributed by atoms with E-state index in [0.29, 0.717) is 49.2 Å². The first-order chi connectivity index (χ1) is 27.8. The molecule has 0 spiro atoms. The number of likely N-dealkylation sites (N-methyl/N-ethyl adjacent to an activating group) is 1. The van der Waals surface area contributed by atoms with Gasteiger partial charge in [0.15, 0.2) is 6.10 Å². The second kappa shape index (κ2) is 17.4. The van der Waals surface area contributed by atoms with Gasteiger partial charge in [-0.1, -0.05) is 35.9 Å². The zero-order valence-corrected chi connectivity index (χ0v) is 32.8. The van der Waals surface area contributed by atoms with Crippen LogP contribution >= 0.6 is 22.9 Å². The summed E-state index contributed by atoms with van der Waals surface area (Å²) >= 11 is 8.10. The molecule has 1 N–H and O–H groups in total. The van der Waals surface area contributed by atoms with Crippen molar-refractivity contribution in [1.29, 1.82) is 0 Å². The van der Waals surface area contributed by atoms with Crippen LogP contribution < -0.4 is 14.2 Å². The summed E-state index contributed by atoms with van der Waals surface area (Å²) in [7, 11) is 8.70. The predicted octanol–water partition coefficient (Wildman–Crippen LogP) is 7.43. The molecule has 2 atom stereocenters. The Kier molecular flexibility index (Phi) is 12.3. The van der Waals surface area contributed by atoms with Crippen LogP contribution in [0.15, 0.2) is 71.5 Å². The van der Waals surface area contributed by atoms with Crippen molar-refractivity contribution >= 4 is 47.0 Å². The number of carboxylic acids is 1. The lowest BCUT2D eigenvalue weighted by Crippen LogP contribution is -2.45. The fourth-order valence-electron chi connectivity index (χ4n) is 6.66. The smallest absolute Gasteiger partial charge is 0.408 e. The zero-order chi connectivity index (χ0) is 41.1. The Hall–Kier alpha value is -5.17. The summed E-state index contributed by atoms with van der Waals surface area (Å²) in [6.07, 6.45) is -3.85. The van der Waals surface area contributed by atoms with E-state index in [2.05, 4.69) is 31.9 Å². The van der Waals surface area contributed by atoms with Gasteiger partial charge >= 0.3 is 12.1 Å². The first kappa shape index (κ1) is 41.0. The highest BCUT2D eigenvalue weighted by molar-refractivity contribution is 7.22. The fraction of sp³-hybridized carbons (Fsp3) is 0.333. The fourth-order valence-corrected chi connectivity index (χ4v) is 7.98. The van der Waals surface area contributed by atoms with E-state index >= 15 is 0 Å². The predicted molar refractivity (Wildman–Crippen MR) is 209 cm³/mol. The number of fused-ring (bicyclic) bond motifs is 1. The van der Waals surface area contributed by atoms with E-state index in [0.717, 1.165) is 48.7 Å². The maximum absolute atomic E-state index is 14.3. The number of carbonyl (C=O) groups is 1. The molecule has 2 radical (unpaired) electrons. The van der Waals surface area contributed by atoms with Crippen molar-refractivity contribution in [3.63, 3.8) is 0 Å². The van der Waals surface area contributed by atoms with Crippen LogP contribution in [0.1, 0.15) is 22.6 Å². The second-order valence-electron chi connectivity index (χ2n) is 13.6. The van der Waals surface area contributed by atoms with Crippen molar-refractivity contribution in [2.45, 2.75) is 38.2 Å². The van der Waals surface area contributed by atoms with E-state index < -0.39 is 36.6 Å². The minimum Gasteiger partial charge on any atom is -0.491 e. The van der Waals surface area contributed by atoms with Crippen LogP contribution in [0.5, 0.6) is 17.4 Å². The maximum atomic E-state index is 14.3. The number of aliphatic carboxylic acids is 1. The Morgan fingerprint density at radius 2 is 1.83 bits per heavy atom. The third-order valence-corrected chi connectivity index (χ3v) is 11.3. The van der Waals surface area contributed by atoms with E-state index in [9.17, 15) is 27.5 Å². The van der Waals surface area contributed by atoms with Gasteiger partial charge in [-0.15, -0.1) is 11.3 Å². The van der Waals surface area contributed by atoms with Crippen molar-refractivity contribution in [3.8, 4) is 39.1 Å². The van der Waals surface area contributed by atoms with Gasteiger partial charge in [0.05, 0.1) is 28.8 Å². The lowest BCUT2D eigenvalue weighted by molar-refractivity contribution is -0.145. The molecule has 12 nitrogen and oxygen atoms in total. The Morgan fingerprint density at radius 1 is 1.05 bits per heavy atom. The van der Waals surface area contributed by atoms with Gasteiger partial charge in [-0.25, -0.2) is 14.8 Å². The summed E-state index contributed by atoms with van der Waals surface area (Å²) in [5, 5.41) is 14.9. The molecule has 0 saturated carbocycles. The maximum Gasteiger partial charge on any atom is 0.408 e. The molecule has 2 aromatic carbocycles. The number of thiophene rings is 1. The Morgan fingerprint density at radius 3 is 2.55 bits per heavy atom. The summed E-state index contributed by atoms with van der Waals surface area (Å²) in [6, 6.07) is 13.0. The van der Waals surface area contributed by atoms with E-state index in [1.54, 1.807) is 31.2 Å². The number of rotatable bonds is 15. The van der Waals surface area contributed by atoms with Gasteiger partial charge in [0.2, 0.25) is 5.88 Å². The second-order valence-corrected chi connectivity index (χ2v) is 15.0. The molecular formula is C39H36BClF4N6O6S. The minimum atomic E-state index is -4.51. The number of ether oxygens (including phenoxy) is 3. The normalized spacial score (nSPS) is 15.1.